The van der Waals surface area contributed by atoms with Crippen LogP contribution in [0.4, 0.5) is 35.1 Å². The Morgan fingerprint density at radius 3 is 1.90 bits per heavy atom. The number of rotatable bonds is 10. The van der Waals surface area contributed by atoms with E-state index in [0.717, 1.165) is 31.7 Å². The number of halogens is 8. The van der Waals surface area contributed by atoms with Crippen LogP contribution in [-0.2, 0) is 33.0 Å². The third-order valence-corrected chi connectivity index (χ3v) is 7.48. The van der Waals surface area contributed by atoms with E-state index >= 15 is 4.39 Å². The molecule has 0 atom stereocenters. The topological polar surface area (TPSA) is 36.9 Å². The maximum absolute atomic E-state index is 15.2. The maximum atomic E-state index is 15.2. The van der Waals surface area contributed by atoms with E-state index in [9.17, 15) is 30.7 Å². The van der Waals surface area contributed by atoms with Crippen molar-refractivity contribution >= 4 is 0 Å². The van der Waals surface area contributed by atoms with Gasteiger partial charge in [0.25, 0.3) is 0 Å². The summed E-state index contributed by atoms with van der Waals surface area (Å²) in [5, 5.41) is 0. The lowest BCUT2D eigenvalue weighted by atomic mass is 9.82. The molecule has 2 bridgehead atoms. The molecular formula is C30H26F8O4. The Labute approximate surface area is 236 Å². The van der Waals surface area contributed by atoms with Gasteiger partial charge in [0.15, 0.2) is 0 Å². The Balaban J connectivity index is 1.36. The van der Waals surface area contributed by atoms with Gasteiger partial charge >= 0.3 is 12.1 Å². The summed E-state index contributed by atoms with van der Waals surface area (Å²) in [6.45, 7) is 1.57. The molecule has 0 radical (unpaired) electrons. The molecule has 42 heavy (non-hydrogen) atoms. The van der Waals surface area contributed by atoms with Gasteiger partial charge in [-0.2, -0.15) is 8.78 Å². The molecule has 3 heterocycles. The first-order chi connectivity index (χ1) is 19.9. The van der Waals surface area contributed by atoms with Crippen molar-refractivity contribution in [2.24, 2.45) is 5.41 Å². The lowest BCUT2D eigenvalue weighted by Crippen LogP contribution is -2.58. The third-order valence-electron chi connectivity index (χ3n) is 7.48. The molecule has 0 unspecified atom stereocenters. The van der Waals surface area contributed by atoms with Crippen LogP contribution in [0.25, 0.3) is 11.1 Å². The van der Waals surface area contributed by atoms with Crippen LogP contribution in [0.2, 0.25) is 0 Å². The van der Waals surface area contributed by atoms with Crippen LogP contribution in [0.3, 0.4) is 0 Å². The lowest BCUT2D eigenvalue weighted by Gasteiger charge is -2.52. The standard InChI is InChI=1S/C30H26F8O4/c1-2-3-4-7-28-14-39-30(40-15-28,41-16-28)18-5-6-20(22(32)10-18)17-8-25(35)27(26(36)9-17)29(37,38)42-19-11-23(33)21(13-31)24(34)12-19/h5-6,8-12H,2-4,7,13-16H2,1H3. The van der Waals surface area contributed by atoms with E-state index in [0.29, 0.717) is 32.0 Å². The molecule has 4 nitrogen and oxygen atoms in total. The third kappa shape index (κ3) is 5.59. The minimum atomic E-state index is -4.75. The minimum absolute atomic E-state index is 0.168. The summed E-state index contributed by atoms with van der Waals surface area (Å²) in [5.74, 6) is -10.4. The molecule has 3 aromatic carbocycles. The molecular weight excluding hydrogens is 576 g/mol. The molecule has 3 fully saturated rings. The molecule has 0 aromatic heterocycles. The van der Waals surface area contributed by atoms with Gasteiger partial charge in [-0.25, -0.2) is 26.3 Å². The highest BCUT2D eigenvalue weighted by molar-refractivity contribution is 5.65. The summed E-state index contributed by atoms with van der Waals surface area (Å²) in [6.07, 6.45) is -0.801. The number of alkyl halides is 3. The Bertz CT molecular complexity index is 1410. The van der Waals surface area contributed by atoms with Gasteiger partial charge in [0.05, 0.1) is 25.4 Å². The maximum Gasteiger partial charge on any atom is 0.432 e. The fourth-order valence-corrected chi connectivity index (χ4v) is 5.12. The van der Waals surface area contributed by atoms with Gasteiger partial charge in [0.1, 0.15) is 47.1 Å². The lowest BCUT2D eigenvalue weighted by molar-refractivity contribution is -0.480. The highest BCUT2D eigenvalue weighted by Gasteiger charge is 2.53. The zero-order chi connectivity index (χ0) is 30.3. The van der Waals surface area contributed by atoms with E-state index in [1.165, 1.54) is 12.1 Å². The molecule has 6 rings (SSSR count). The summed E-state index contributed by atoms with van der Waals surface area (Å²) in [6, 6.07) is 5.01. The van der Waals surface area contributed by atoms with Crippen LogP contribution in [0, 0.1) is 34.5 Å². The van der Waals surface area contributed by atoms with E-state index in [4.69, 9.17) is 14.2 Å². The molecule has 0 N–H and O–H groups in total. The Morgan fingerprint density at radius 1 is 0.786 bits per heavy atom. The second-order valence-electron chi connectivity index (χ2n) is 10.5. The molecule has 0 spiro atoms. The van der Waals surface area contributed by atoms with Gasteiger partial charge in [0, 0.05) is 28.7 Å². The van der Waals surface area contributed by atoms with E-state index in [1.807, 2.05) is 0 Å². The molecule has 3 aliphatic heterocycles. The summed E-state index contributed by atoms with van der Waals surface area (Å²) in [5.41, 5.74) is -3.76. The van der Waals surface area contributed by atoms with E-state index in [2.05, 4.69) is 11.7 Å². The quantitative estimate of drug-likeness (QED) is 0.173. The first kappa shape index (κ1) is 30.2. The Morgan fingerprint density at radius 2 is 1.38 bits per heavy atom. The largest absolute Gasteiger partial charge is 0.432 e. The number of fused-ring (bicyclic) bond motifs is 3. The number of unbranched alkanes of at least 4 members (excludes halogenated alkanes) is 2. The van der Waals surface area contributed by atoms with Crippen molar-refractivity contribution < 1.29 is 54.1 Å². The first-order valence-electron chi connectivity index (χ1n) is 13.2. The molecule has 0 amide bonds. The first-order valence-corrected chi connectivity index (χ1v) is 13.2. The highest BCUT2D eigenvalue weighted by atomic mass is 19.3. The van der Waals surface area contributed by atoms with Gasteiger partial charge in [-0.15, -0.1) is 0 Å². The van der Waals surface area contributed by atoms with Crippen molar-refractivity contribution in [1.82, 2.24) is 0 Å². The van der Waals surface area contributed by atoms with Crippen LogP contribution in [-0.4, -0.2) is 19.8 Å². The number of hydrogen-bond acceptors (Lipinski definition) is 4. The molecule has 0 aliphatic carbocycles. The van der Waals surface area contributed by atoms with Crippen LogP contribution < -0.4 is 4.74 Å². The van der Waals surface area contributed by atoms with Gasteiger partial charge in [0.2, 0.25) is 0 Å². The van der Waals surface area contributed by atoms with Crippen LogP contribution in [0.1, 0.15) is 49.3 Å². The average molecular weight is 603 g/mol. The summed E-state index contributed by atoms with van der Waals surface area (Å²) >= 11 is 0. The Kier molecular flexibility index (Phi) is 8.25. The predicted molar refractivity (Wildman–Crippen MR) is 134 cm³/mol. The van der Waals surface area contributed by atoms with Crippen molar-refractivity contribution in [3.05, 3.63) is 88.2 Å². The van der Waals surface area contributed by atoms with E-state index in [1.54, 1.807) is 0 Å². The fourth-order valence-electron chi connectivity index (χ4n) is 5.12. The van der Waals surface area contributed by atoms with Crippen molar-refractivity contribution in [2.45, 2.75) is 51.4 Å². The minimum Gasteiger partial charge on any atom is -0.429 e. The van der Waals surface area contributed by atoms with E-state index < -0.39 is 70.3 Å². The number of benzene rings is 3. The van der Waals surface area contributed by atoms with E-state index in [-0.39, 0.29) is 28.7 Å². The van der Waals surface area contributed by atoms with Gasteiger partial charge in [-0.1, -0.05) is 38.3 Å². The highest BCUT2D eigenvalue weighted by Crippen LogP contribution is 2.47. The fraction of sp³-hybridized carbons (Fsp3) is 0.400. The zero-order valence-electron chi connectivity index (χ0n) is 22.4. The molecule has 0 saturated carbocycles. The van der Waals surface area contributed by atoms with Crippen molar-refractivity contribution in [3.8, 4) is 16.9 Å². The summed E-state index contributed by atoms with van der Waals surface area (Å²) < 4.78 is 136. The van der Waals surface area contributed by atoms with Crippen molar-refractivity contribution in [1.29, 1.82) is 0 Å². The van der Waals surface area contributed by atoms with Crippen molar-refractivity contribution in [3.63, 3.8) is 0 Å². The number of ether oxygens (including phenoxy) is 4. The molecule has 12 heteroatoms. The predicted octanol–water partition coefficient (Wildman–Crippen LogP) is 8.40. The van der Waals surface area contributed by atoms with Crippen LogP contribution >= 0.6 is 0 Å². The van der Waals surface area contributed by atoms with Gasteiger partial charge < -0.3 is 18.9 Å². The van der Waals surface area contributed by atoms with Crippen molar-refractivity contribution in [2.75, 3.05) is 19.8 Å². The molecule has 3 aromatic rings. The second kappa shape index (κ2) is 11.5. The monoisotopic (exact) mass is 602 g/mol. The molecule has 226 valence electrons. The average Bonchev–Trinajstić information content (AvgIpc) is 2.93. The summed E-state index contributed by atoms with van der Waals surface area (Å²) in [4.78, 5) is 0. The zero-order valence-corrected chi connectivity index (χ0v) is 22.4. The van der Waals surface area contributed by atoms with Gasteiger partial charge in [-0.3, -0.25) is 0 Å². The van der Waals surface area contributed by atoms with Crippen LogP contribution in [0.15, 0.2) is 42.5 Å². The van der Waals surface area contributed by atoms with Gasteiger partial charge in [-0.05, 0) is 30.2 Å². The SMILES string of the molecule is CCCCCC12COC(c3ccc(-c4cc(F)c(C(F)(F)Oc5cc(F)c(CF)c(F)c5)c(F)c4)c(F)c3)(OC1)OC2. The van der Waals surface area contributed by atoms with Crippen LogP contribution in [0.5, 0.6) is 5.75 Å². The Hall–Kier alpha value is -3.22. The molecule has 3 saturated heterocycles. The normalized spacial score (nSPS) is 22.0. The molecule has 3 aliphatic rings. The smallest absolute Gasteiger partial charge is 0.429 e. The summed E-state index contributed by atoms with van der Waals surface area (Å²) in [7, 11) is 0. The second-order valence-corrected chi connectivity index (χ2v) is 10.5. The number of hydrogen-bond donors (Lipinski definition) is 0.